The summed E-state index contributed by atoms with van der Waals surface area (Å²) in [4.78, 5) is 125. The average Bonchev–Trinajstić information content (AvgIpc) is 0.929. The zero-order valence-electron chi connectivity index (χ0n) is 51.3. The van der Waals surface area contributed by atoms with Gasteiger partial charge in [-0.1, -0.05) is 56.0 Å². The van der Waals surface area contributed by atoms with E-state index in [9.17, 15) is 38.4 Å². The van der Waals surface area contributed by atoms with Crippen molar-refractivity contribution in [2.45, 2.75) is 46.0 Å². The smallest absolute Gasteiger partial charge is 0.261 e. The number of benzene rings is 10. The minimum Gasteiger partial charge on any atom is -0.379 e. The first-order valence-corrected chi connectivity index (χ1v) is 32.9. The Kier molecular flexibility index (Phi) is 14.8. The lowest BCUT2D eigenvalue weighted by Crippen LogP contribution is -2.44. The first-order valence-electron chi connectivity index (χ1n) is 32.9. The van der Waals surface area contributed by atoms with Crippen LogP contribution in [0.4, 0.5) is 0 Å². The van der Waals surface area contributed by atoms with Crippen molar-refractivity contribution in [3.8, 4) is 0 Å². The fraction of sp³-hybridized carbons (Fsp3) is 0.360. The van der Waals surface area contributed by atoms with Gasteiger partial charge in [0.1, 0.15) is 0 Å². The summed E-state index contributed by atoms with van der Waals surface area (Å²) in [7, 11) is 0. The molecule has 0 N–H and O–H groups in total. The summed E-state index contributed by atoms with van der Waals surface area (Å²) in [6.45, 7) is 14.8. The van der Waals surface area contributed by atoms with E-state index < -0.39 is 0 Å². The van der Waals surface area contributed by atoms with Crippen molar-refractivity contribution in [1.82, 2.24) is 39.2 Å². The average molecular weight is 1250 g/mol. The third-order valence-corrected chi connectivity index (χ3v) is 21.2. The van der Waals surface area contributed by atoms with Crippen molar-refractivity contribution < 1.29 is 47.8 Å². The Labute approximate surface area is 536 Å². The summed E-state index contributed by atoms with van der Waals surface area (Å²) in [6, 6.07) is 30.5. The molecule has 18 heteroatoms. The van der Waals surface area contributed by atoms with Crippen LogP contribution in [0.1, 0.15) is 129 Å². The molecule has 0 atom stereocenters. The second-order valence-electron chi connectivity index (χ2n) is 26.0. The molecule has 10 aromatic rings. The Morgan fingerprint density at radius 3 is 0.667 bits per heavy atom. The van der Waals surface area contributed by atoms with Crippen LogP contribution < -0.4 is 0 Å². The molecule has 93 heavy (non-hydrogen) atoms. The number of nitrogens with zero attached hydrogens (tertiary/aromatic N) is 8. The summed E-state index contributed by atoms with van der Waals surface area (Å²) in [6.07, 6.45) is 6.04. The van der Waals surface area contributed by atoms with Gasteiger partial charge in [-0.15, -0.1) is 0 Å². The number of amides is 8. The molecule has 0 saturated carbocycles. The zero-order chi connectivity index (χ0) is 62.2. The number of imide groups is 4. The molecule has 4 fully saturated rings. The number of carbonyl (C=O) groups excluding carboxylic acids is 8. The molecule has 0 bridgehead atoms. The quantitative estimate of drug-likeness (QED) is 0.0570. The molecule has 8 aliphatic heterocycles. The SMILES string of the molecule is C.O=C1c2ccc3c4ccc5c6c(ccc(c7ccc(c2c37)C(=O)N1CCCN1CCOCC1)c64)C(=O)N(CCCN1CCOCC1)C5=O.O=C1c2ccc3c4ccc5c6c(ccc(c7ccc(c2c37)C(=O)N1CCN1CCCC1)c64)C(=O)N(CCN1CCCC1)C5=O. The number of likely N-dealkylation sites (tertiary alicyclic amines) is 2. The van der Waals surface area contributed by atoms with Crippen molar-refractivity contribution in [3.05, 3.63) is 142 Å². The Balaban J connectivity index is 0.000000146. The van der Waals surface area contributed by atoms with Gasteiger partial charge in [-0.05, 0) is 178 Å². The van der Waals surface area contributed by atoms with Gasteiger partial charge < -0.3 is 19.3 Å². The van der Waals surface area contributed by atoms with E-state index in [-0.39, 0.29) is 54.7 Å². The molecule has 4 saturated heterocycles. The first-order chi connectivity index (χ1) is 45.0. The molecule has 0 aromatic heterocycles. The highest BCUT2D eigenvalue weighted by molar-refractivity contribution is 6.43. The van der Waals surface area contributed by atoms with Crippen LogP contribution in [0.5, 0.6) is 0 Å². The maximum absolute atomic E-state index is 13.8. The highest BCUT2D eigenvalue weighted by Crippen LogP contribution is 2.49. The fourth-order valence-electron chi connectivity index (χ4n) is 16.6. The van der Waals surface area contributed by atoms with Crippen LogP contribution in [0.3, 0.4) is 0 Å². The lowest BCUT2D eigenvalue weighted by molar-refractivity contribution is 0.0352. The van der Waals surface area contributed by atoms with Crippen molar-refractivity contribution in [1.29, 1.82) is 0 Å². The standard InChI is InChI=1S/C38H36N4O6.C36H32N4O4.CH4/c43-35-27-7-3-23-25-5-9-29-34-30(38(46)42(37(29)45)14-2-12-40-17-21-48-22-18-40)10-6-26(32(25)34)24-4-8-28(33(27)31(23)24)36(44)41(35)13-1-11-39-15-19-47-20-16-39;41-33-25-9-5-21-23-7-11-27-32-28(36(44)40(35(27)43)20-18-38-15-3-4-16-38)12-8-24(30(23)32)22-6-10-26(31(25)29(21)22)34(42)39(33)19-17-37-13-1-2-14-37;/h3-10H,1-2,11-22H2;5-12H,1-4,13-20H2;1H4. The molecule has 0 radical (unpaired) electrons. The largest absolute Gasteiger partial charge is 0.379 e. The van der Waals surface area contributed by atoms with Crippen LogP contribution in [-0.2, 0) is 9.47 Å². The van der Waals surface area contributed by atoms with Crippen molar-refractivity contribution in [2.75, 3.05) is 131 Å². The van der Waals surface area contributed by atoms with Gasteiger partial charge in [-0.3, -0.25) is 67.8 Å². The fourth-order valence-corrected chi connectivity index (χ4v) is 16.6. The predicted octanol–water partition coefficient (Wildman–Crippen LogP) is 10.1. The second-order valence-corrected chi connectivity index (χ2v) is 26.0. The lowest BCUT2D eigenvalue weighted by atomic mass is 9.82. The predicted molar refractivity (Wildman–Crippen MR) is 359 cm³/mol. The van der Waals surface area contributed by atoms with E-state index in [2.05, 4.69) is 19.6 Å². The number of fused-ring (bicyclic) bond motifs is 4. The van der Waals surface area contributed by atoms with Crippen LogP contribution in [0, 0.1) is 0 Å². The van der Waals surface area contributed by atoms with Crippen molar-refractivity contribution in [2.24, 2.45) is 0 Å². The van der Waals surface area contributed by atoms with Gasteiger partial charge in [0.25, 0.3) is 47.3 Å². The summed E-state index contributed by atoms with van der Waals surface area (Å²) in [5.74, 6) is -2.03. The minimum absolute atomic E-state index is 0. The van der Waals surface area contributed by atoms with E-state index in [0.29, 0.717) is 145 Å². The van der Waals surface area contributed by atoms with Gasteiger partial charge in [0.05, 0.1) is 26.4 Å². The van der Waals surface area contributed by atoms with Gasteiger partial charge in [0.15, 0.2) is 0 Å². The molecule has 8 heterocycles. The van der Waals surface area contributed by atoms with Gasteiger partial charge in [-0.25, -0.2) is 0 Å². The maximum atomic E-state index is 13.8. The summed E-state index contributed by atoms with van der Waals surface area (Å²) >= 11 is 0. The Hall–Kier alpha value is -8.88. The molecule has 0 aliphatic carbocycles. The first kappa shape index (κ1) is 59.2. The maximum Gasteiger partial charge on any atom is 0.261 e. The molecule has 8 amide bonds. The Morgan fingerprint density at radius 1 is 0.237 bits per heavy atom. The summed E-state index contributed by atoms with van der Waals surface area (Å²) in [5.41, 5.74) is 4.33. The van der Waals surface area contributed by atoms with Gasteiger partial charge >= 0.3 is 0 Å². The molecule has 0 spiro atoms. The number of hydrogen-bond donors (Lipinski definition) is 0. The van der Waals surface area contributed by atoms with Gasteiger partial charge in [0, 0.05) is 145 Å². The van der Waals surface area contributed by atoms with Crippen LogP contribution >= 0.6 is 0 Å². The third-order valence-electron chi connectivity index (χ3n) is 21.2. The molecule has 472 valence electrons. The van der Waals surface area contributed by atoms with E-state index in [4.69, 9.17) is 9.47 Å². The van der Waals surface area contributed by atoms with E-state index in [1.807, 2.05) is 97.1 Å². The lowest BCUT2D eigenvalue weighted by Gasteiger charge is -2.31. The molecule has 18 nitrogen and oxygen atoms in total. The number of hydrogen-bond acceptors (Lipinski definition) is 14. The van der Waals surface area contributed by atoms with Gasteiger partial charge in [-0.2, -0.15) is 0 Å². The molecular weight excluding hydrogens is 1170 g/mol. The molecule has 10 aromatic carbocycles. The molecule has 18 rings (SSSR count). The van der Waals surface area contributed by atoms with Crippen LogP contribution in [-0.4, -0.2) is 218 Å². The zero-order valence-corrected chi connectivity index (χ0v) is 51.3. The highest BCUT2D eigenvalue weighted by Gasteiger charge is 2.40. The van der Waals surface area contributed by atoms with Gasteiger partial charge in [0.2, 0.25) is 0 Å². The Morgan fingerprint density at radius 2 is 0.441 bits per heavy atom. The second kappa shape index (κ2) is 23.3. The summed E-state index contributed by atoms with van der Waals surface area (Å²) in [5, 5.41) is 13.5. The highest BCUT2D eigenvalue weighted by atomic mass is 16.5. The monoisotopic (exact) mass is 1240 g/mol. The normalized spacial score (nSPS) is 19.1. The van der Waals surface area contributed by atoms with Crippen molar-refractivity contribution in [3.63, 3.8) is 0 Å². The number of morpholine rings is 2. The molecular formula is C75H72N8O10. The van der Waals surface area contributed by atoms with E-state index >= 15 is 0 Å². The molecule has 0 unspecified atom stereocenters. The topological polar surface area (TPSA) is 181 Å². The Bertz CT molecular complexity index is 4320. The van der Waals surface area contributed by atoms with E-state index in [1.165, 1.54) is 19.6 Å². The number of ether oxygens (including phenoxy) is 2. The van der Waals surface area contributed by atoms with Crippen LogP contribution in [0.25, 0.3) is 86.2 Å². The number of rotatable bonds is 14. The van der Waals surface area contributed by atoms with Crippen LogP contribution in [0.2, 0.25) is 0 Å². The van der Waals surface area contributed by atoms with Crippen LogP contribution in [0.15, 0.2) is 97.1 Å². The number of carbonyl (C=O) groups is 8. The van der Waals surface area contributed by atoms with E-state index in [0.717, 1.165) is 156 Å². The third kappa shape index (κ3) is 9.25. The van der Waals surface area contributed by atoms with Crippen molar-refractivity contribution >= 4 is 133 Å². The minimum atomic E-state index is -0.265. The summed E-state index contributed by atoms with van der Waals surface area (Å²) < 4.78 is 10.9. The molecule has 8 aliphatic rings. The van der Waals surface area contributed by atoms with E-state index in [1.54, 1.807) is 0 Å².